The van der Waals surface area contributed by atoms with Gasteiger partial charge in [-0.25, -0.2) is 0 Å². The summed E-state index contributed by atoms with van der Waals surface area (Å²) in [4.78, 5) is 2.20. The molecule has 1 atom stereocenters. The predicted octanol–water partition coefficient (Wildman–Crippen LogP) is 1.47. The van der Waals surface area contributed by atoms with E-state index in [9.17, 15) is 5.11 Å². The van der Waals surface area contributed by atoms with Crippen molar-refractivity contribution in [3.8, 4) is 0 Å². The summed E-state index contributed by atoms with van der Waals surface area (Å²) in [5.41, 5.74) is -0.632. The molecule has 0 amide bonds. The van der Waals surface area contributed by atoms with Crippen LogP contribution in [0.1, 0.15) is 40.5 Å². The van der Waals surface area contributed by atoms with E-state index in [2.05, 4.69) is 38.0 Å². The Hall–Kier alpha value is -0.120. The first kappa shape index (κ1) is 14.9. The molecular weight excluding hydrogens is 188 g/mol. The third-order valence-corrected chi connectivity index (χ3v) is 2.40. The molecule has 0 aromatic rings. The van der Waals surface area contributed by atoms with Gasteiger partial charge in [0, 0.05) is 19.1 Å². The molecule has 0 aliphatic carbocycles. The average molecular weight is 216 g/mol. The summed E-state index contributed by atoms with van der Waals surface area (Å²) in [6, 6.07) is 0.428. The molecule has 0 aliphatic heterocycles. The largest absolute Gasteiger partial charge is 0.388 e. The van der Waals surface area contributed by atoms with Crippen LogP contribution in [-0.4, -0.2) is 48.3 Å². The third kappa shape index (κ3) is 8.85. The molecule has 3 nitrogen and oxygen atoms in total. The molecule has 0 fully saturated rings. The van der Waals surface area contributed by atoms with Gasteiger partial charge >= 0.3 is 0 Å². The quantitative estimate of drug-likeness (QED) is 0.645. The van der Waals surface area contributed by atoms with E-state index in [-0.39, 0.29) is 0 Å². The van der Waals surface area contributed by atoms with Crippen LogP contribution in [0.5, 0.6) is 0 Å². The molecule has 0 saturated carbocycles. The molecule has 92 valence electrons. The lowest BCUT2D eigenvalue weighted by Gasteiger charge is -2.30. The minimum absolute atomic E-state index is 0.428. The SMILES string of the molecule is CCCCN(C)CC(C)(O)CNC(C)C. The highest BCUT2D eigenvalue weighted by atomic mass is 16.3. The molecule has 1 unspecified atom stereocenters. The number of hydrogen-bond donors (Lipinski definition) is 2. The standard InChI is InChI=1S/C12H28N2O/c1-6-7-8-14(5)10-12(4,15)9-13-11(2)3/h11,13,15H,6-10H2,1-5H3. The van der Waals surface area contributed by atoms with E-state index >= 15 is 0 Å². The zero-order valence-electron chi connectivity index (χ0n) is 11.0. The molecule has 0 heterocycles. The number of rotatable bonds is 8. The molecule has 0 rings (SSSR count). The van der Waals surface area contributed by atoms with Crippen LogP contribution in [-0.2, 0) is 0 Å². The van der Waals surface area contributed by atoms with Crippen molar-refractivity contribution < 1.29 is 5.11 Å². The molecule has 0 bridgehead atoms. The Morgan fingerprint density at radius 3 is 2.47 bits per heavy atom. The van der Waals surface area contributed by atoms with Gasteiger partial charge in [-0.1, -0.05) is 27.2 Å². The molecule has 0 aliphatic rings. The van der Waals surface area contributed by atoms with Crippen LogP contribution in [0.3, 0.4) is 0 Å². The minimum Gasteiger partial charge on any atom is -0.388 e. The van der Waals surface area contributed by atoms with Crippen LogP contribution < -0.4 is 5.32 Å². The molecule has 15 heavy (non-hydrogen) atoms. The summed E-state index contributed by atoms with van der Waals surface area (Å²) in [6.45, 7) is 10.7. The van der Waals surface area contributed by atoms with Gasteiger partial charge in [0.15, 0.2) is 0 Å². The van der Waals surface area contributed by atoms with Gasteiger partial charge in [0.1, 0.15) is 0 Å². The summed E-state index contributed by atoms with van der Waals surface area (Å²) in [7, 11) is 2.07. The summed E-state index contributed by atoms with van der Waals surface area (Å²) in [5, 5.41) is 13.4. The van der Waals surface area contributed by atoms with Gasteiger partial charge in [-0.3, -0.25) is 0 Å². The Balaban J connectivity index is 3.79. The molecule has 0 spiro atoms. The lowest BCUT2D eigenvalue weighted by molar-refractivity contribution is 0.0256. The fraction of sp³-hybridized carbons (Fsp3) is 1.00. The number of aliphatic hydroxyl groups is 1. The van der Waals surface area contributed by atoms with E-state index in [1.807, 2.05) is 6.92 Å². The van der Waals surface area contributed by atoms with E-state index in [0.717, 1.165) is 13.1 Å². The Morgan fingerprint density at radius 1 is 1.40 bits per heavy atom. The van der Waals surface area contributed by atoms with E-state index in [1.165, 1.54) is 12.8 Å². The fourth-order valence-electron chi connectivity index (χ4n) is 1.57. The van der Waals surface area contributed by atoms with Gasteiger partial charge in [0.2, 0.25) is 0 Å². The molecule has 0 aromatic heterocycles. The van der Waals surface area contributed by atoms with Crippen LogP contribution in [0.2, 0.25) is 0 Å². The number of likely N-dealkylation sites (N-methyl/N-ethyl adjacent to an activating group) is 1. The van der Waals surface area contributed by atoms with Gasteiger partial charge in [-0.05, 0) is 26.9 Å². The van der Waals surface area contributed by atoms with Crippen molar-refractivity contribution in [3.63, 3.8) is 0 Å². The second-order valence-corrected chi connectivity index (χ2v) is 5.12. The average Bonchev–Trinajstić information content (AvgIpc) is 2.11. The highest BCUT2D eigenvalue weighted by Crippen LogP contribution is 2.05. The van der Waals surface area contributed by atoms with Gasteiger partial charge in [-0.2, -0.15) is 0 Å². The first-order valence-electron chi connectivity index (χ1n) is 6.01. The number of nitrogens with one attached hydrogen (secondary N) is 1. The maximum absolute atomic E-state index is 10.1. The van der Waals surface area contributed by atoms with E-state index in [0.29, 0.717) is 12.6 Å². The van der Waals surface area contributed by atoms with Crippen molar-refractivity contribution in [2.24, 2.45) is 0 Å². The molecule has 0 saturated heterocycles. The van der Waals surface area contributed by atoms with Crippen LogP contribution in [0.4, 0.5) is 0 Å². The van der Waals surface area contributed by atoms with Crippen molar-refractivity contribution in [3.05, 3.63) is 0 Å². The maximum Gasteiger partial charge on any atom is 0.0869 e. The van der Waals surface area contributed by atoms with Crippen molar-refractivity contribution >= 4 is 0 Å². The summed E-state index contributed by atoms with van der Waals surface area (Å²) in [5.74, 6) is 0. The smallest absolute Gasteiger partial charge is 0.0869 e. The van der Waals surface area contributed by atoms with Crippen LogP contribution >= 0.6 is 0 Å². The maximum atomic E-state index is 10.1. The normalized spacial score (nSPS) is 16.0. The van der Waals surface area contributed by atoms with Gasteiger partial charge in [0.05, 0.1) is 5.60 Å². The lowest BCUT2D eigenvalue weighted by atomic mass is 10.1. The van der Waals surface area contributed by atoms with Crippen LogP contribution in [0.25, 0.3) is 0 Å². The number of unbranched alkanes of at least 4 members (excludes halogenated alkanes) is 1. The van der Waals surface area contributed by atoms with Gasteiger partial charge in [0.25, 0.3) is 0 Å². The molecule has 2 N–H and O–H groups in total. The second kappa shape index (κ2) is 7.20. The van der Waals surface area contributed by atoms with Crippen molar-refractivity contribution in [1.82, 2.24) is 10.2 Å². The first-order chi connectivity index (χ1) is 6.87. The molecule has 0 radical (unpaired) electrons. The number of nitrogens with zero attached hydrogens (tertiary/aromatic N) is 1. The summed E-state index contributed by atoms with van der Waals surface area (Å²) >= 11 is 0. The number of hydrogen-bond acceptors (Lipinski definition) is 3. The van der Waals surface area contributed by atoms with Gasteiger partial charge in [-0.15, -0.1) is 0 Å². The van der Waals surface area contributed by atoms with Crippen molar-refractivity contribution in [1.29, 1.82) is 0 Å². The summed E-state index contributed by atoms with van der Waals surface area (Å²) in [6.07, 6.45) is 2.40. The Bertz CT molecular complexity index is 158. The Morgan fingerprint density at radius 2 is 2.00 bits per heavy atom. The zero-order chi connectivity index (χ0) is 11.9. The lowest BCUT2D eigenvalue weighted by Crippen LogP contribution is -2.48. The third-order valence-electron chi connectivity index (χ3n) is 2.40. The monoisotopic (exact) mass is 216 g/mol. The highest BCUT2D eigenvalue weighted by Gasteiger charge is 2.22. The van der Waals surface area contributed by atoms with Crippen LogP contribution in [0, 0.1) is 0 Å². The van der Waals surface area contributed by atoms with E-state index in [1.54, 1.807) is 0 Å². The van der Waals surface area contributed by atoms with E-state index in [4.69, 9.17) is 0 Å². The molecule has 3 heteroatoms. The first-order valence-corrected chi connectivity index (χ1v) is 6.01. The predicted molar refractivity (Wildman–Crippen MR) is 66.2 cm³/mol. The molecule has 0 aromatic carbocycles. The Labute approximate surface area is 94.9 Å². The van der Waals surface area contributed by atoms with Gasteiger partial charge < -0.3 is 15.3 Å². The minimum atomic E-state index is -0.632. The Kier molecular flexibility index (Phi) is 7.14. The summed E-state index contributed by atoms with van der Waals surface area (Å²) < 4.78 is 0. The topological polar surface area (TPSA) is 35.5 Å². The van der Waals surface area contributed by atoms with Crippen LogP contribution in [0.15, 0.2) is 0 Å². The second-order valence-electron chi connectivity index (χ2n) is 5.12. The van der Waals surface area contributed by atoms with Crippen molar-refractivity contribution in [2.75, 3.05) is 26.7 Å². The highest BCUT2D eigenvalue weighted by molar-refractivity contribution is 4.79. The molecular formula is C12H28N2O. The zero-order valence-corrected chi connectivity index (χ0v) is 11.0. The van der Waals surface area contributed by atoms with E-state index < -0.39 is 5.60 Å². The van der Waals surface area contributed by atoms with Crippen molar-refractivity contribution in [2.45, 2.75) is 52.2 Å². The fourth-order valence-corrected chi connectivity index (χ4v) is 1.57.